The van der Waals surface area contributed by atoms with Crippen LogP contribution in [0.2, 0.25) is 0 Å². The van der Waals surface area contributed by atoms with Gasteiger partial charge in [0.1, 0.15) is 0 Å². The third kappa shape index (κ3) is 3.23. The topological polar surface area (TPSA) is 25.8 Å². The van der Waals surface area contributed by atoms with E-state index in [0.29, 0.717) is 0 Å². The first-order valence-electron chi connectivity index (χ1n) is 15.5. The van der Waals surface area contributed by atoms with Gasteiger partial charge in [0.2, 0.25) is 0 Å². The van der Waals surface area contributed by atoms with E-state index in [1.165, 1.54) is 66.1 Å². The Morgan fingerprint density at radius 2 is 1.00 bits per heavy atom. The lowest BCUT2D eigenvalue weighted by Gasteiger charge is -2.31. The number of fused-ring (bicyclic) bond motifs is 13. The summed E-state index contributed by atoms with van der Waals surface area (Å²) in [6.07, 6.45) is 1.83. The maximum Gasteiger partial charge on any atom is 0.0893 e. The van der Waals surface area contributed by atoms with Gasteiger partial charge in [-0.2, -0.15) is 0 Å². The van der Waals surface area contributed by atoms with Crippen molar-refractivity contribution in [2.24, 2.45) is 0 Å². The molecule has 10 rings (SSSR count). The Morgan fingerprint density at radius 1 is 0.378 bits per heavy atom. The van der Waals surface area contributed by atoms with Gasteiger partial charge in [0.15, 0.2) is 0 Å². The SMILES string of the molecule is c1ccc(-c2cccc(-c3cc4c(c5ccccc35)-c3cc5ccccc5cc3C43c4ccccc4-c4ccccc43)n2)nc1. The van der Waals surface area contributed by atoms with Crippen LogP contribution in [0.5, 0.6) is 0 Å². The van der Waals surface area contributed by atoms with E-state index in [1.807, 2.05) is 30.5 Å². The van der Waals surface area contributed by atoms with Crippen molar-refractivity contribution in [1.29, 1.82) is 0 Å². The van der Waals surface area contributed by atoms with Gasteiger partial charge in [-0.3, -0.25) is 4.98 Å². The number of aromatic nitrogens is 2. The van der Waals surface area contributed by atoms with Crippen LogP contribution in [0.3, 0.4) is 0 Å². The molecule has 2 heterocycles. The predicted octanol–water partition coefficient (Wildman–Crippen LogP) is 10.5. The van der Waals surface area contributed by atoms with Crippen molar-refractivity contribution in [1.82, 2.24) is 9.97 Å². The average molecular weight is 571 g/mol. The summed E-state index contributed by atoms with van der Waals surface area (Å²) in [5, 5.41) is 4.99. The molecule has 208 valence electrons. The number of hydrogen-bond donors (Lipinski definition) is 0. The zero-order valence-corrected chi connectivity index (χ0v) is 24.4. The van der Waals surface area contributed by atoms with E-state index < -0.39 is 5.41 Å². The van der Waals surface area contributed by atoms with Gasteiger partial charge in [-0.15, -0.1) is 0 Å². The van der Waals surface area contributed by atoms with E-state index >= 15 is 0 Å². The molecule has 0 saturated carbocycles. The van der Waals surface area contributed by atoms with Gasteiger partial charge in [0.25, 0.3) is 0 Å². The van der Waals surface area contributed by atoms with Gasteiger partial charge >= 0.3 is 0 Å². The standard InChI is InChI=1S/C43H26N2/c1-2-13-28-25-37-34(24-27(28)12-1)42-32-17-4-3-14-29(32)33(39-21-11-22-41(45-39)40-20-9-10-23-44-40)26-38(42)43(37)35-18-7-5-15-30(35)31-16-6-8-19-36(31)43/h1-26H. The molecular formula is C43H26N2. The zero-order valence-electron chi connectivity index (χ0n) is 24.4. The summed E-state index contributed by atoms with van der Waals surface area (Å²) in [7, 11) is 0. The number of nitrogens with zero attached hydrogens (tertiary/aromatic N) is 2. The molecule has 0 atom stereocenters. The first-order chi connectivity index (χ1) is 22.3. The van der Waals surface area contributed by atoms with Crippen molar-refractivity contribution in [3.63, 3.8) is 0 Å². The molecule has 0 fully saturated rings. The molecule has 2 aliphatic rings. The summed E-state index contributed by atoms with van der Waals surface area (Å²) < 4.78 is 0. The molecule has 0 bridgehead atoms. The molecule has 8 aromatic rings. The second-order valence-electron chi connectivity index (χ2n) is 12.1. The maximum atomic E-state index is 5.22. The molecule has 0 saturated heterocycles. The molecule has 0 amide bonds. The minimum absolute atomic E-state index is 0.445. The van der Waals surface area contributed by atoms with E-state index in [-0.39, 0.29) is 0 Å². The Bertz CT molecular complexity index is 2450. The van der Waals surface area contributed by atoms with Gasteiger partial charge in [0, 0.05) is 11.8 Å². The van der Waals surface area contributed by atoms with Crippen LogP contribution >= 0.6 is 0 Å². The highest BCUT2D eigenvalue weighted by atomic mass is 14.8. The molecule has 0 N–H and O–H groups in total. The average Bonchev–Trinajstić information content (AvgIpc) is 3.57. The van der Waals surface area contributed by atoms with E-state index in [9.17, 15) is 0 Å². The van der Waals surface area contributed by atoms with E-state index in [0.717, 1.165) is 22.6 Å². The quantitative estimate of drug-likeness (QED) is 0.207. The summed E-state index contributed by atoms with van der Waals surface area (Å²) in [5.74, 6) is 0. The lowest BCUT2D eigenvalue weighted by molar-refractivity contribution is 0.796. The van der Waals surface area contributed by atoms with Crippen LogP contribution < -0.4 is 0 Å². The van der Waals surface area contributed by atoms with Crippen LogP contribution in [0.15, 0.2) is 158 Å². The molecular weight excluding hydrogens is 544 g/mol. The minimum atomic E-state index is -0.445. The van der Waals surface area contributed by atoms with E-state index in [2.05, 4.69) is 132 Å². The van der Waals surface area contributed by atoms with Crippen molar-refractivity contribution in [2.45, 2.75) is 5.41 Å². The summed E-state index contributed by atoms with van der Waals surface area (Å²) in [4.78, 5) is 9.83. The highest BCUT2D eigenvalue weighted by Crippen LogP contribution is 2.64. The Morgan fingerprint density at radius 3 is 1.76 bits per heavy atom. The normalized spacial score (nSPS) is 13.5. The van der Waals surface area contributed by atoms with Crippen molar-refractivity contribution < 1.29 is 0 Å². The summed E-state index contributed by atoms with van der Waals surface area (Å²) in [5.41, 5.74) is 14.0. The van der Waals surface area contributed by atoms with Crippen LogP contribution in [-0.2, 0) is 5.41 Å². The van der Waals surface area contributed by atoms with E-state index in [1.54, 1.807) is 0 Å². The fraction of sp³-hybridized carbons (Fsp3) is 0.0233. The fourth-order valence-electron chi connectivity index (χ4n) is 8.13. The Balaban J connectivity index is 1.37. The smallest absolute Gasteiger partial charge is 0.0893 e. The van der Waals surface area contributed by atoms with Crippen LogP contribution in [0.25, 0.3) is 66.4 Å². The fourth-order valence-corrected chi connectivity index (χ4v) is 8.13. The lowest BCUT2D eigenvalue weighted by Crippen LogP contribution is -2.26. The molecule has 0 aliphatic heterocycles. The van der Waals surface area contributed by atoms with Crippen LogP contribution in [0.1, 0.15) is 22.3 Å². The largest absolute Gasteiger partial charge is 0.255 e. The minimum Gasteiger partial charge on any atom is -0.255 e. The number of pyridine rings is 2. The van der Waals surface area contributed by atoms with E-state index in [4.69, 9.17) is 4.98 Å². The molecule has 2 heteroatoms. The Hall–Kier alpha value is -5.86. The summed E-state index contributed by atoms with van der Waals surface area (Å²) >= 11 is 0. The number of hydrogen-bond acceptors (Lipinski definition) is 2. The highest BCUT2D eigenvalue weighted by molar-refractivity contribution is 6.12. The second-order valence-corrected chi connectivity index (χ2v) is 12.1. The summed E-state index contributed by atoms with van der Waals surface area (Å²) in [6, 6.07) is 55.3. The van der Waals surface area contributed by atoms with Gasteiger partial charge in [-0.25, -0.2) is 4.98 Å². The van der Waals surface area contributed by atoms with Gasteiger partial charge in [-0.1, -0.05) is 109 Å². The number of rotatable bonds is 2. The Kier molecular flexibility index (Phi) is 4.95. The zero-order chi connectivity index (χ0) is 29.5. The summed E-state index contributed by atoms with van der Waals surface area (Å²) in [6.45, 7) is 0. The van der Waals surface area contributed by atoms with Crippen LogP contribution in [0, 0.1) is 0 Å². The molecule has 2 nitrogen and oxygen atoms in total. The first kappa shape index (κ1) is 24.6. The van der Waals surface area contributed by atoms with Crippen molar-refractivity contribution >= 4 is 21.5 Å². The van der Waals surface area contributed by atoms with Gasteiger partial charge in [0.05, 0.1) is 22.5 Å². The van der Waals surface area contributed by atoms with Crippen molar-refractivity contribution in [2.75, 3.05) is 0 Å². The first-order valence-corrected chi connectivity index (χ1v) is 15.5. The molecule has 45 heavy (non-hydrogen) atoms. The monoisotopic (exact) mass is 570 g/mol. The Labute approximate surface area is 261 Å². The van der Waals surface area contributed by atoms with Crippen molar-refractivity contribution in [3.8, 4) is 44.9 Å². The molecule has 1 spiro atoms. The molecule has 6 aromatic carbocycles. The lowest BCUT2D eigenvalue weighted by atomic mass is 9.70. The maximum absolute atomic E-state index is 5.22. The third-order valence-electron chi connectivity index (χ3n) is 9.91. The molecule has 0 radical (unpaired) electrons. The van der Waals surface area contributed by atoms with Gasteiger partial charge in [-0.05, 0) is 109 Å². The third-order valence-corrected chi connectivity index (χ3v) is 9.91. The molecule has 0 unspecified atom stereocenters. The second kappa shape index (κ2) is 9.07. The van der Waals surface area contributed by atoms with Crippen molar-refractivity contribution in [3.05, 3.63) is 180 Å². The van der Waals surface area contributed by atoms with Crippen LogP contribution in [0.4, 0.5) is 0 Å². The van der Waals surface area contributed by atoms with Crippen LogP contribution in [-0.4, -0.2) is 9.97 Å². The molecule has 2 aliphatic carbocycles. The predicted molar refractivity (Wildman–Crippen MR) is 184 cm³/mol. The van der Waals surface area contributed by atoms with Gasteiger partial charge < -0.3 is 0 Å². The highest BCUT2D eigenvalue weighted by Gasteiger charge is 2.52. The number of benzene rings is 6. The molecule has 2 aromatic heterocycles.